The highest BCUT2D eigenvalue weighted by atomic mass is 16.6. The fraction of sp³-hybridized carbons (Fsp3) is 0.900. The minimum absolute atomic E-state index is 0.225. The lowest BCUT2D eigenvalue weighted by Crippen LogP contribution is -2.38. The number of nitro groups is 1. The van der Waals surface area contributed by atoms with Crippen molar-refractivity contribution in [3.63, 3.8) is 0 Å². The second-order valence-corrected chi connectivity index (χ2v) is 5.25. The van der Waals surface area contributed by atoms with Gasteiger partial charge in [0.05, 0.1) is 0 Å². The standard InChI is InChI=1S/C10H20N2O4/c1-9(2,3)16-8(13)11-7-6-10(4,5)12(14)15/h6-7H2,1-5H3,(H,11,13). The molecule has 6 heteroatoms. The molecule has 0 aromatic heterocycles. The maximum atomic E-state index is 11.2. The molecule has 0 saturated heterocycles. The van der Waals surface area contributed by atoms with Crippen LogP contribution in [0.4, 0.5) is 4.79 Å². The van der Waals surface area contributed by atoms with E-state index in [2.05, 4.69) is 5.32 Å². The fourth-order valence-corrected chi connectivity index (χ4v) is 0.876. The Morgan fingerprint density at radius 2 is 1.81 bits per heavy atom. The number of amides is 1. The van der Waals surface area contributed by atoms with Crippen LogP contribution in [-0.2, 0) is 4.74 Å². The van der Waals surface area contributed by atoms with E-state index in [1.54, 1.807) is 20.8 Å². The molecule has 0 aliphatic carbocycles. The molecular formula is C10H20N2O4. The van der Waals surface area contributed by atoms with E-state index in [0.29, 0.717) is 0 Å². The van der Waals surface area contributed by atoms with Gasteiger partial charge in [0.15, 0.2) is 0 Å². The second-order valence-electron chi connectivity index (χ2n) is 5.25. The number of rotatable bonds is 4. The first-order valence-corrected chi connectivity index (χ1v) is 5.16. The first kappa shape index (κ1) is 14.7. The van der Waals surface area contributed by atoms with Crippen LogP contribution in [0.25, 0.3) is 0 Å². The van der Waals surface area contributed by atoms with E-state index in [1.807, 2.05) is 0 Å². The smallest absolute Gasteiger partial charge is 0.407 e. The van der Waals surface area contributed by atoms with Gasteiger partial charge in [0, 0.05) is 31.7 Å². The summed E-state index contributed by atoms with van der Waals surface area (Å²) in [5, 5.41) is 13.1. The van der Waals surface area contributed by atoms with E-state index in [9.17, 15) is 14.9 Å². The Kier molecular flexibility index (Phi) is 4.71. The molecule has 6 nitrogen and oxygen atoms in total. The van der Waals surface area contributed by atoms with Crippen molar-refractivity contribution >= 4 is 6.09 Å². The molecular weight excluding hydrogens is 212 g/mol. The number of nitrogens with zero attached hydrogens (tertiary/aromatic N) is 1. The molecule has 0 saturated carbocycles. The van der Waals surface area contributed by atoms with Gasteiger partial charge in [-0.05, 0) is 20.8 Å². The topological polar surface area (TPSA) is 81.5 Å². The summed E-state index contributed by atoms with van der Waals surface area (Å²) < 4.78 is 4.99. The van der Waals surface area contributed by atoms with Gasteiger partial charge in [0.1, 0.15) is 5.60 Å². The molecule has 0 bridgehead atoms. The average Bonchev–Trinajstić information content (AvgIpc) is 1.99. The highest BCUT2D eigenvalue weighted by molar-refractivity contribution is 5.67. The molecule has 0 spiro atoms. The van der Waals surface area contributed by atoms with E-state index in [1.165, 1.54) is 13.8 Å². The lowest BCUT2D eigenvalue weighted by molar-refractivity contribution is -0.561. The molecule has 1 N–H and O–H groups in total. The van der Waals surface area contributed by atoms with Crippen LogP contribution in [0.2, 0.25) is 0 Å². The first-order chi connectivity index (χ1) is 7.04. The molecule has 0 aromatic rings. The quantitative estimate of drug-likeness (QED) is 0.593. The Labute approximate surface area is 95.5 Å². The third-order valence-electron chi connectivity index (χ3n) is 1.90. The summed E-state index contributed by atoms with van der Waals surface area (Å²) in [6.45, 7) is 8.53. The Bertz CT molecular complexity index is 268. The monoisotopic (exact) mass is 232 g/mol. The number of alkyl carbamates (subject to hydrolysis) is 1. The predicted molar refractivity (Wildman–Crippen MR) is 59.9 cm³/mol. The van der Waals surface area contributed by atoms with Crippen LogP contribution >= 0.6 is 0 Å². The zero-order valence-electron chi connectivity index (χ0n) is 10.5. The van der Waals surface area contributed by atoms with E-state index in [-0.39, 0.29) is 17.9 Å². The van der Waals surface area contributed by atoms with Crippen molar-refractivity contribution in [2.75, 3.05) is 6.54 Å². The van der Waals surface area contributed by atoms with Crippen LogP contribution in [0.5, 0.6) is 0 Å². The molecule has 0 radical (unpaired) electrons. The molecule has 0 unspecified atom stereocenters. The van der Waals surface area contributed by atoms with Crippen molar-refractivity contribution in [1.82, 2.24) is 5.32 Å². The minimum Gasteiger partial charge on any atom is -0.444 e. The van der Waals surface area contributed by atoms with E-state index in [4.69, 9.17) is 4.74 Å². The minimum atomic E-state index is -1.03. The van der Waals surface area contributed by atoms with E-state index in [0.717, 1.165) is 0 Å². The van der Waals surface area contributed by atoms with Gasteiger partial charge in [0.25, 0.3) is 0 Å². The first-order valence-electron chi connectivity index (χ1n) is 5.16. The zero-order valence-corrected chi connectivity index (χ0v) is 10.5. The molecule has 94 valence electrons. The number of carbonyl (C=O) groups is 1. The molecule has 0 fully saturated rings. The van der Waals surface area contributed by atoms with Crippen LogP contribution in [-0.4, -0.2) is 28.7 Å². The van der Waals surface area contributed by atoms with E-state index >= 15 is 0 Å². The highest BCUT2D eigenvalue weighted by Crippen LogP contribution is 2.12. The van der Waals surface area contributed by atoms with Crippen molar-refractivity contribution in [2.24, 2.45) is 0 Å². The van der Waals surface area contributed by atoms with Gasteiger partial charge in [-0.2, -0.15) is 0 Å². The van der Waals surface area contributed by atoms with Crippen molar-refractivity contribution in [3.8, 4) is 0 Å². The van der Waals surface area contributed by atoms with Crippen molar-refractivity contribution in [3.05, 3.63) is 10.1 Å². The molecule has 16 heavy (non-hydrogen) atoms. The molecule has 0 atom stereocenters. The summed E-state index contributed by atoms with van der Waals surface area (Å²) in [6, 6.07) is 0. The van der Waals surface area contributed by atoms with Gasteiger partial charge in [0.2, 0.25) is 5.54 Å². The van der Waals surface area contributed by atoms with Gasteiger partial charge in [-0.15, -0.1) is 0 Å². The third-order valence-corrected chi connectivity index (χ3v) is 1.90. The average molecular weight is 232 g/mol. The maximum Gasteiger partial charge on any atom is 0.407 e. The predicted octanol–water partition coefficient (Wildman–Crippen LogP) is 1.96. The largest absolute Gasteiger partial charge is 0.444 e. The molecule has 1 amide bonds. The van der Waals surface area contributed by atoms with Crippen molar-refractivity contribution < 1.29 is 14.5 Å². The van der Waals surface area contributed by atoms with Crippen LogP contribution in [0.1, 0.15) is 41.0 Å². The Morgan fingerprint density at radius 3 is 2.19 bits per heavy atom. The van der Waals surface area contributed by atoms with Gasteiger partial charge < -0.3 is 10.1 Å². The van der Waals surface area contributed by atoms with Gasteiger partial charge >= 0.3 is 6.09 Å². The summed E-state index contributed by atoms with van der Waals surface area (Å²) in [4.78, 5) is 21.4. The van der Waals surface area contributed by atoms with Crippen molar-refractivity contribution in [1.29, 1.82) is 0 Å². The lowest BCUT2D eigenvalue weighted by atomic mass is 10.0. The van der Waals surface area contributed by atoms with Crippen LogP contribution in [0.3, 0.4) is 0 Å². The molecule has 0 aliphatic rings. The number of carbonyl (C=O) groups excluding carboxylic acids is 1. The normalized spacial score (nSPS) is 12.1. The number of hydrogen-bond acceptors (Lipinski definition) is 4. The molecule has 0 aliphatic heterocycles. The molecule has 0 heterocycles. The summed E-state index contributed by atoms with van der Waals surface area (Å²) in [5.74, 6) is 0. The SMILES string of the molecule is CC(C)(C)OC(=O)NCCC(C)(C)[N+](=O)[O-]. The van der Waals surface area contributed by atoms with Crippen LogP contribution < -0.4 is 5.32 Å². The van der Waals surface area contributed by atoms with Gasteiger partial charge in [-0.1, -0.05) is 0 Å². The Hall–Kier alpha value is -1.33. The van der Waals surface area contributed by atoms with Gasteiger partial charge in [-0.25, -0.2) is 4.79 Å². The Balaban J connectivity index is 3.92. The zero-order chi connectivity index (χ0) is 13.0. The number of hydrogen-bond donors (Lipinski definition) is 1. The van der Waals surface area contributed by atoms with Crippen molar-refractivity contribution in [2.45, 2.75) is 52.2 Å². The summed E-state index contributed by atoms with van der Waals surface area (Å²) in [7, 11) is 0. The second kappa shape index (κ2) is 5.14. The fourth-order valence-electron chi connectivity index (χ4n) is 0.876. The van der Waals surface area contributed by atoms with Crippen LogP contribution in [0.15, 0.2) is 0 Å². The highest BCUT2D eigenvalue weighted by Gasteiger charge is 2.30. The molecule has 0 aromatic carbocycles. The number of nitrogens with one attached hydrogen (secondary N) is 1. The lowest BCUT2D eigenvalue weighted by Gasteiger charge is -2.20. The van der Waals surface area contributed by atoms with E-state index < -0.39 is 17.2 Å². The summed E-state index contributed by atoms with van der Waals surface area (Å²) in [5.41, 5.74) is -1.59. The van der Waals surface area contributed by atoms with Gasteiger partial charge in [-0.3, -0.25) is 10.1 Å². The van der Waals surface area contributed by atoms with Crippen LogP contribution in [0, 0.1) is 10.1 Å². The Morgan fingerprint density at radius 1 is 1.31 bits per heavy atom. The number of ether oxygens (including phenoxy) is 1. The molecule has 0 rings (SSSR count). The summed E-state index contributed by atoms with van der Waals surface area (Å²) >= 11 is 0. The third kappa shape index (κ3) is 6.21. The summed E-state index contributed by atoms with van der Waals surface area (Å²) in [6.07, 6.45) is -0.286. The maximum absolute atomic E-state index is 11.2.